The summed E-state index contributed by atoms with van der Waals surface area (Å²) in [7, 11) is -2.19. The second-order valence-corrected chi connectivity index (χ2v) is 6.86. The first-order valence-corrected chi connectivity index (χ1v) is 7.54. The molecule has 102 valence electrons. The minimum absolute atomic E-state index is 0.0547. The van der Waals surface area contributed by atoms with Gasteiger partial charge in [-0.05, 0) is 30.3 Å². The van der Waals surface area contributed by atoms with Crippen LogP contribution in [0.25, 0.3) is 0 Å². The zero-order chi connectivity index (χ0) is 14.0. The van der Waals surface area contributed by atoms with Gasteiger partial charge in [0.2, 0.25) is 10.0 Å². The van der Waals surface area contributed by atoms with E-state index < -0.39 is 10.0 Å². The second kappa shape index (κ2) is 5.54. The molecular weight excluding hydrogens is 309 g/mol. The van der Waals surface area contributed by atoms with Crippen molar-refractivity contribution in [1.82, 2.24) is 4.31 Å². The molecule has 7 heteroatoms. The molecule has 19 heavy (non-hydrogen) atoms. The van der Waals surface area contributed by atoms with Gasteiger partial charge in [0.15, 0.2) is 0 Å². The van der Waals surface area contributed by atoms with Crippen molar-refractivity contribution in [3.63, 3.8) is 0 Å². The topological polar surface area (TPSA) is 50.5 Å². The number of hydrogen-bond acceptors (Lipinski definition) is 3. The minimum atomic E-state index is -3.66. The molecule has 1 heterocycles. The van der Waals surface area contributed by atoms with Crippen molar-refractivity contribution in [3.8, 4) is 0 Å². The van der Waals surface area contributed by atoms with E-state index in [-0.39, 0.29) is 21.5 Å². The number of rotatable bonds is 4. The van der Waals surface area contributed by atoms with E-state index >= 15 is 0 Å². The van der Waals surface area contributed by atoms with E-state index in [2.05, 4.69) is 0 Å². The third kappa shape index (κ3) is 3.30. The van der Waals surface area contributed by atoms with Crippen LogP contribution < -0.4 is 0 Å². The first-order chi connectivity index (χ1) is 8.89. The van der Waals surface area contributed by atoms with Gasteiger partial charge in [0, 0.05) is 17.1 Å². The molecule has 0 N–H and O–H groups in total. The van der Waals surface area contributed by atoms with Crippen LogP contribution in [-0.4, -0.2) is 19.8 Å². The summed E-state index contributed by atoms with van der Waals surface area (Å²) in [5.41, 5.74) is 0. The summed E-state index contributed by atoms with van der Waals surface area (Å²) in [6, 6.07) is 7.61. The lowest BCUT2D eigenvalue weighted by molar-refractivity contribution is 0.406. The van der Waals surface area contributed by atoms with E-state index in [4.69, 9.17) is 27.6 Å². The van der Waals surface area contributed by atoms with Gasteiger partial charge in [0.1, 0.15) is 5.76 Å². The first-order valence-electron chi connectivity index (χ1n) is 5.34. The molecule has 0 aliphatic carbocycles. The maximum Gasteiger partial charge on any atom is 0.243 e. The molecule has 2 rings (SSSR count). The molecule has 0 atom stereocenters. The van der Waals surface area contributed by atoms with Crippen LogP contribution >= 0.6 is 23.2 Å². The van der Waals surface area contributed by atoms with Crippen LogP contribution in [0.1, 0.15) is 5.76 Å². The SMILES string of the molecule is CN(Cc1ccco1)S(=O)(=O)c1cc(Cl)cc(Cl)c1. The Bertz CT molecular complexity index is 648. The molecule has 0 bridgehead atoms. The molecule has 0 aliphatic heterocycles. The van der Waals surface area contributed by atoms with Crippen LogP contribution in [0.3, 0.4) is 0 Å². The third-order valence-corrected chi connectivity index (χ3v) is 4.72. The monoisotopic (exact) mass is 319 g/mol. The molecule has 0 radical (unpaired) electrons. The van der Waals surface area contributed by atoms with Crippen molar-refractivity contribution >= 4 is 33.2 Å². The van der Waals surface area contributed by atoms with Crippen LogP contribution in [-0.2, 0) is 16.6 Å². The number of furan rings is 1. The summed E-state index contributed by atoms with van der Waals surface area (Å²) in [4.78, 5) is 0.0547. The molecule has 0 saturated heterocycles. The predicted octanol–water partition coefficient (Wildman–Crippen LogP) is 3.41. The normalized spacial score (nSPS) is 12.0. The third-order valence-electron chi connectivity index (χ3n) is 2.50. The van der Waals surface area contributed by atoms with Crippen LogP contribution in [0, 0.1) is 0 Å². The Kier molecular flexibility index (Phi) is 4.20. The molecule has 2 aromatic rings. The molecule has 1 aromatic carbocycles. The Hall–Kier alpha value is -1.01. The fourth-order valence-electron chi connectivity index (χ4n) is 1.56. The van der Waals surface area contributed by atoms with Gasteiger partial charge in [-0.15, -0.1) is 0 Å². The molecule has 0 saturated carbocycles. The zero-order valence-electron chi connectivity index (χ0n) is 10.0. The first kappa shape index (κ1) is 14.4. The van der Waals surface area contributed by atoms with E-state index in [1.807, 2.05) is 0 Å². The molecule has 0 aliphatic rings. The molecule has 0 spiro atoms. The van der Waals surface area contributed by atoms with Crippen LogP contribution in [0.15, 0.2) is 45.9 Å². The highest BCUT2D eigenvalue weighted by Gasteiger charge is 2.22. The van der Waals surface area contributed by atoms with E-state index in [0.29, 0.717) is 5.76 Å². The molecule has 1 aromatic heterocycles. The molecule has 0 amide bonds. The summed E-state index contributed by atoms with van der Waals surface area (Å²) < 4.78 is 31.0. The van der Waals surface area contributed by atoms with Crippen molar-refractivity contribution in [2.75, 3.05) is 7.05 Å². The van der Waals surface area contributed by atoms with Crippen molar-refractivity contribution in [1.29, 1.82) is 0 Å². The Morgan fingerprint density at radius 2 is 1.84 bits per heavy atom. The van der Waals surface area contributed by atoms with Crippen LogP contribution in [0.4, 0.5) is 0 Å². The number of hydrogen-bond donors (Lipinski definition) is 0. The Morgan fingerprint density at radius 3 is 2.37 bits per heavy atom. The standard InChI is InChI=1S/C12H11Cl2NO3S/c1-15(8-11-3-2-4-18-11)19(16,17)12-6-9(13)5-10(14)7-12/h2-7H,8H2,1H3. The lowest BCUT2D eigenvalue weighted by Crippen LogP contribution is -2.26. The van der Waals surface area contributed by atoms with Crippen molar-refractivity contribution < 1.29 is 12.8 Å². The predicted molar refractivity (Wildman–Crippen MR) is 73.8 cm³/mol. The Labute approximate surface area is 121 Å². The highest BCUT2D eigenvalue weighted by atomic mass is 35.5. The van der Waals surface area contributed by atoms with Crippen LogP contribution in [0.2, 0.25) is 10.0 Å². The number of sulfonamides is 1. The minimum Gasteiger partial charge on any atom is -0.468 e. The van der Waals surface area contributed by atoms with E-state index in [0.717, 1.165) is 0 Å². The summed E-state index contributed by atoms with van der Waals surface area (Å²) in [6.45, 7) is 0.138. The van der Waals surface area contributed by atoms with Gasteiger partial charge in [-0.2, -0.15) is 4.31 Å². The van der Waals surface area contributed by atoms with Gasteiger partial charge in [-0.3, -0.25) is 0 Å². The van der Waals surface area contributed by atoms with E-state index in [1.165, 1.54) is 35.8 Å². The van der Waals surface area contributed by atoms with Crippen molar-refractivity contribution in [2.45, 2.75) is 11.4 Å². The maximum absolute atomic E-state index is 12.3. The van der Waals surface area contributed by atoms with Gasteiger partial charge in [-0.25, -0.2) is 8.42 Å². The molecular formula is C12H11Cl2NO3S. The summed E-state index contributed by atoms with van der Waals surface area (Å²) in [6.07, 6.45) is 1.49. The van der Waals surface area contributed by atoms with E-state index in [9.17, 15) is 8.42 Å². The molecule has 0 fully saturated rings. The number of benzene rings is 1. The van der Waals surface area contributed by atoms with Crippen LogP contribution in [0.5, 0.6) is 0 Å². The molecule has 0 unspecified atom stereocenters. The number of halogens is 2. The van der Waals surface area contributed by atoms with Gasteiger partial charge in [-0.1, -0.05) is 23.2 Å². The fraction of sp³-hybridized carbons (Fsp3) is 0.167. The zero-order valence-corrected chi connectivity index (χ0v) is 12.3. The Balaban J connectivity index is 2.31. The average molecular weight is 320 g/mol. The van der Waals surface area contributed by atoms with Gasteiger partial charge in [0.05, 0.1) is 17.7 Å². The quantitative estimate of drug-likeness (QED) is 0.867. The molecule has 4 nitrogen and oxygen atoms in total. The summed E-state index contributed by atoms with van der Waals surface area (Å²) in [5, 5.41) is 0.551. The largest absolute Gasteiger partial charge is 0.468 e. The highest BCUT2D eigenvalue weighted by molar-refractivity contribution is 7.89. The Morgan fingerprint density at radius 1 is 1.21 bits per heavy atom. The van der Waals surface area contributed by atoms with Gasteiger partial charge >= 0.3 is 0 Å². The number of nitrogens with zero attached hydrogens (tertiary/aromatic N) is 1. The average Bonchev–Trinajstić information content (AvgIpc) is 2.80. The maximum atomic E-state index is 12.3. The van der Waals surface area contributed by atoms with Crippen molar-refractivity contribution in [3.05, 3.63) is 52.4 Å². The fourth-order valence-corrected chi connectivity index (χ4v) is 3.43. The lowest BCUT2D eigenvalue weighted by atomic mass is 10.4. The lowest BCUT2D eigenvalue weighted by Gasteiger charge is -2.16. The van der Waals surface area contributed by atoms with Gasteiger partial charge < -0.3 is 4.42 Å². The highest BCUT2D eigenvalue weighted by Crippen LogP contribution is 2.25. The summed E-state index contributed by atoms with van der Waals surface area (Å²) in [5.74, 6) is 0.555. The van der Waals surface area contributed by atoms with Crippen molar-refractivity contribution in [2.24, 2.45) is 0 Å². The summed E-state index contributed by atoms with van der Waals surface area (Å²) >= 11 is 11.6. The van der Waals surface area contributed by atoms with E-state index in [1.54, 1.807) is 12.1 Å². The smallest absolute Gasteiger partial charge is 0.243 e. The van der Waals surface area contributed by atoms with Gasteiger partial charge in [0.25, 0.3) is 0 Å². The second-order valence-electron chi connectivity index (χ2n) is 3.95.